The second kappa shape index (κ2) is 5.10. The summed E-state index contributed by atoms with van der Waals surface area (Å²) in [5, 5.41) is 10.6. The molecule has 2 saturated carbocycles. The molecule has 3 heteroatoms. The van der Waals surface area contributed by atoms with Crippen LogP contribution >= 0.6 is 0 Å². The molecule has 0 aliphatic heterocycles. The van der Waals surface area contributed by atoms with Crippen LogP contribution in [0.15, 0.2) is 0 Å². The average molecular weight is 254 g/mol. The van der Waals surface area contributed by atoms with E-state index in [1.807, 2.05) is 0 Å². The fourth-order valence-corrected chi connectivity index (χ4v) is 3.37. The summed E-state index contributed by atoms with van der Waals surface area (Å²) >= 11 is 0. The van der Waals surface area contributed by atoms with Crippen LogP contribution < -0.4 is 5.73 Å². The summed E-state index contributed by atoms with van der Waals surface area (Å²) < 4.78 is 0. The van der Waals surface area contributed by atoms with E-state index in [1.165, 1.54) is 25.7 Å². The summed E-state index contributed by atoms with van der Waals surface area (Å²) in [5.74, 6) is 0.449. The van der Waals surface area contributed by atoms with Gasteiger partial charge in [-0.05, 0) is 56.9 Å². The lowest BCUT2D eigenvalue weighted by Crippen LogP contribution is -2.52. The monoisotopic (exact) mass is 254 g/mol. The van der Waals surface area contributed by atoms with Gasteiger partial charge >= 0.3 is 0 Å². The smallest absolute Gasteiger partial charge is 0.0923 e. The van der Waals surface area contributed by atoms with Gasteiger partial charge < -0.3 is 15.7 Å². The summed E-state index contributed by atoms with van der Waals surface area (Å²) in [4.78, 5) is 2.36. The van der Waals surface area contributed by atoms with E-state index >= 15 is 0 Å². The molecule has 106 valence electrons. The molecule has 0 heterocycles. The molecule has 18 heavy (non-hydrogen) atoms. The van der Waals surface area contributed by atoms with Crippen molar-refractivity contribution in [2.45, 2.75) is 64.0 Å². The maximum absolute atomic E-state index is 10.6. The van der Waals surface area contributed by atoms with Crippen LogP contribution in [0.4, 0.5) is 0 Å². The lowest BCUT2D eigenvalue weighted by atomic mass is 9.75. The highest BCUT2D eigenvalue weighted by Gasteiger charge is 2.44. The van der Waals surface area contributed by atoms with Gasteiger partial charge in [0.2, 0.25) is 0 Å². The van der Waals surface area contributed by atoms with E-state index in [9.17, 15) is 5.11 Å². The van der Waals surface area contributed by atoms with Crippen LogP contribution in [0, 0.1) is 11.3 Å². The Hall–Kier alpha value is -0.120. The van der Waals surface area contributed by atoms with Gasteiger partial charge in [-0.1, -0.05) is 13.8 Å². The molecule has 2 aliphatic carbocycles. The third-order valence-corrected chi connectivity index (χ3v) is 5.15. The molecule has 0 aromatic heterocycles. The standard InChI is InChI=1S/C15H30N2O/c1-14(2)8-6-13(7-9-14)17(3)11-15(18,10-16)12-4-5-12/h12-13,18H,4-11,16H2,1-3H3. The van der Waals surface area contributed by atoms with Gasteiger partial charge in [-0.15, -0.1) is 0 Å². The summed E-state index contributed by atoms with van der Waals surface area (Å²) in [5.41, 5.74) is 5.67. The Morgan fingerprint density at radius 3 is 2.22 bits per heavy atom. The molecule has 0 aromatic carbocycles. The van der Waals surface area contributed by atoms with Crippen molar-refractivity contribution in [1.29, 1.82) is 0 Å². The van der Waals surface area contributed by atoms with Gasteiger partial charge in [0, 0.05) is 19.1 Å². The molecule has 2 aliphatic rings. The molecule has 0 saturated heterocycles. The Morgan fingerprint density at radius 1 is 1.22 bits per heavy atom. The van der Waals surface area contributed by atoms with Crippen molar-refractivity contribution in [3.8, 4) is 0 Å². The van der Waals surface area contributed by atoms with E-state index in [1.54, 1.807) is 0 Å². The maximum Gasteiger partial charge on any atom is 0.0923 e. The first kappa shape index (κ1) is 14.3. The van der Waals surface area contributed by atoms with Crippen molar-refractivity contribution in [2.75, 3.05) is 20.1 Å². The van der Waals surface area contributed by atoms with E-state index in [2.05, 4.69) is 25.8 Å². The lowest BCUT2D eigenvalue weighted by molar-refractivity contribution is -0.0196. The molecule has 1 unspecified atom stereocenters. The summed E-state index contributed by atoms with van der Waals surface area (Å²) in [6.07, 6.45) is 7.42. The Morgan fingerprint density at radius 2 is 1.78 bits per heavy atom. The van der Waals surface area contributed by atoms with Gasteiger partial charge in [0.25, 0.3) is 0 Å². The van der Waals surface area contributed by atoms with Crippen molar-refractivity contribution < 1.29 is 5.11 Å². The molecule has 3 nitrogen and oxygen atoms in total. The number of nitrogens with zero attached hydrogens (tertiary/aromatic N) is 1. The first-order valence-corrected chi connectivity index (χ1v) is 7.49. The topological polar surface area (TPSA) is 49.5 Å². The van der Waals surface area contributed by atoms with Crippen LogP contribution in [-0.2, 0) is 0 Å². The predicted octanol–water partition coefficient (Wildman–Crippen LogP) is 1.99. The minimum atomic E-state index is -0.637. The number of nitrogens with two attached hydrogens (primary N) is 1. The van der Waals surface area contributed by atoms with Crippen LogP contribution in [0.3, 0.4) is 0 Å². The molecular formula is C15H30N2O. The molecule has 3 N–H and O–H groups in total. The van der Waals surface area contributed by atoms with E-state index < -0.39 is 5.60 Å². The minimum absolute atomic E-state index is 0.403. The van der Waals surface area contributed by atoms with Gasteiger partial charge in [-0.2, -0.15) is 0 Å². The maximum atomic E-state index is 10.6. The third kappa shape index (κ3) is 3.25. The van der Waals surface area contributed by atoms with Crippen molar-refractivity contribution >= 4 is 0 Å². The van der Waals surface area contributed by atoms with Crippen molar-refractivity contribution in [1.82, 2.24) is 4.90 Å². The van der Waals surface area contributed by atoms with E-state index in [0.29, 0.717) is 23.9 Å². The highest BCUT2D eigenvalue weighted by molar-refractivity contribution is 4.98. The summed E-state index contributed by atoms with van der Waals surface area (Å²) in [6.45, 7) is 5.88. The quantitative estimate of drug-likeness (QED) is 0.789. The van der Waals surface area contributed by atoms with Crippen molar-refractivity contribution in [3.05, 3.63) is 0 Å². The van der Waals surface area contributed by atoms with Crippen LogP contribution in [0.2, 0.25) is 0 Å². The molecule has 0 bridgehead atoms. The first-order valence-electron chi connectivity index (χ1n) is 7.49. The molecule has 1 atom stereocenters. The highest BCUT2D eigenvalue weighted by Crippen LogP contribution is 2.41. The van der Waals surface area contributed by atoms with Crippen molar-refractivity contribution in [3.63, 3.8) is 0 Å². The minimum Gasteiger partial charge on any atom is -0.387 e. The average Bonchev–Trinajstić information content (AvgIpc) is 3.12. The molecule has 0 aromatic rings. The summed E-state index contributed by atoms with van der Waals surface area (Å²) in [7, 11) is 2.16. The Kier molecular flexibility index (Phi) is 4.05. The van der Waals surface area contributed by atoms with Crippen molar-refractivity contribution in [2.24, 2.45) is 17.1 Å². The van der Waals surface area contributed by atoms with E-state index in [0.717, 1.165) is 19.4 Å². The molecule has 0 radical (unpaired) electrons. The van der Waals surface area contributed by atoms with Gasteiger partial charge in [-0.25, -0.2) is 0 Å². The van der Waals surface area contributed by atoms with Gasteiger partial charge in [0.1, 0.15) is 0 Å². The van der Waals surface area contributed by atoms with Crippen LogP contribution in [0.1, 0.15) is 52.4 Å². The number of hydrogen-bond donors (Lipinski definition) is 2. The number of likely N-dealkylation sites (N-methyl/N-ethyl adjacent to an activating group) is 1. The molecule has 0 spiro atoms. The van der Waals surface area contributed by atoms with Gasteiger partial charge in [0.05, 0.1) is 5.60 Å². The zero-order chi connectivity index (χ0) is 13.4. The highest BCUT2D eigenvalue weighted by atomic mass is 16.3. The zero-order valence-electron chi connectivity index (χ0n) is 12.3. The lowest BCUT2D eigenvalue weighted by Gasteiger charge is -2.41. The fraction of sp³-hybridized carbons (Fsp3) is 1.00. The number of aliphatic hydroxyl groups is 1. The largest absolute Gasteiger partial charge is 0.387 e. The summed E-state index contributed by atoms with van der Waals surface area (Å²) in [6, 6.07) is 0.634. The SMILES string of the molecule is CN(CC(O)(CN)C1CC1)C1CCC(C)(C)CC1. The Balaban J connectivity index is 1.86. The zero-order valence-corrected chi connectivity index (χ0v) is 12.3. The first-order chi connectivity index (χ1) is 8.36. The number of hydrogen-bond acceptors (Lipinski definition) is 3. The van der Waals surface area contributed by atoms with E-state index in [-0.39, 0.29) is 0 Å². The Labute approximate surface area is 112 Å². The molecule has 2 fully saturated rings. The normalized spacial score (nSPS) is 28.3. The van der Waals surface area contributed by atoms with Gasteiger partial charge in [-0.3, -0.25) is 0 Å². The van der Waals surface area contributed by atoms with E-state index in [4.69, 9.17) is 5.73 Å². The Bertz CT molecular complexity index is 278. The third-order valence-electron chi connectivity index (χ3n) is 5.15. The van der Waals surface area contributed by atoms with Crippen LogP contribution in [0.25, 0.3) is 0 Å². The van der Waals surface area contributed by atoms with Crippen LogP contribution in [0.5, 0.6) is 0 Å². The number of rotatable bonds is 5. The van der Waals surface area contributed by atoms with Gasteiger partial charge in [0.15, 0.2) is 0 Å². The molecule has 2 rings (SSSR count). The van der Waals surface area contributed by atoms with Crippen LogP contribution in [-0.4, -0.2) is 41.8 Å². The molecular weight excluding hydrogens is 224 g/mol. The molecule has 0 amide bonds. The predicted molar refractivity (Wildman–Crippen MR) is 75.4 cm³/mol. The fourth-order valence-electron chi connectivity index (χ4n) is 3.37. The second-order valence-corrected chi connectivity index (χ2v) is 7.39. The second-order valence-electron chi connectivity index (χ2n) is 7.39.